The lowest BCUT2D eigenvalue weighted by Gasteiger charge is -2.19. The van der Waals surface area contributed by atoms with Crippen molar-refractivity contribution >= 4 is 17.6 Å². The van der Waals surface area contributed by atoms with Crippen LogP contribution < -0.4 is 4.90 Å². The Morgan fingerprint density at radius 2 is 2.10 bits per heavy atom. The van der Waals surface area contributed by atoms with E-state index in [0.29, 0.717) is 6.07 Å². The molecule has 1 aliphatic heterocycles. The maximum Gasteiger partial charge on any atom is 0.340 e. The summed E-state index contributed by atoms with van der Waals surface area (Å²) in [6, 6.07) is 1.52. The molecule has 0 aromatic heterocycles. The summed E-state index contributed by atoms with van der Waals surface area (Å²) < 4.78 is 31.2. The van der Waals surface area contributed by atoms with Gasteiger partial charge in [-0.15, -0.1) is 12.3 Å². The summed E-state index contributed by atoms with van der Waals surface area (Å²) >= 11 is 0. The first-order valence-corrected chi connectivity index (χ1v) is 5.81. The minimum Gasteiger partial charge on any atom is -0.465 e. The number of anilines is 1. The highest BCUT2D eigenvalue weighted by atomic mass is 19.2. The molecule has 0 spiro atoms. The van der Waals surface area contributed by atoms with Gasteiger partial charge in [0.25, 0.3) is 0 Å². The Balaban J connectivity index is 2.51. The predicted octanol–water partition coefficient (Wildman–Crippen LogP) is 1.74. The monoisotopic (exact) mass is 279 g/mol. The van der Waals surface area contributed by atoms with Crippen molar-refractivity contribution in [1.82, 2.24) is 0 Å². The fourth-order valence-corrected chi connectivity index (χ4v) is 2.09. The molecule has 1 aromatic carbocycles. The molecule has 0 N–H and O–H groups in total. The highest BCUT2D eigenvalue weighted by molar-refractivity contribution is 6.03. The number of nitrogens with zero attached hydrogens (tertiary/aromatic N) is 1. The number of terminal acetylenes is 1. The predicted molar refractivity (Wildman–Crippen MR) is 67.0 cm³/mol. The normalized spacial score (nSPS) is 18.0. The molecule has 104 valence electrons. The van der Waals surface area contributed by atoms with E-state index in [1.165, 1.54) is 4.90 Å². The van der Waals surface area contributed by atoms with Crippen molar-refractivity contribution in [3.63, 3.8) is 0 Å². The first-order valence-electron chi connectivity index (χ1n) is 5.81. The van der Waals surface area contributed by atoms with Crippen LogP contribution in [0.15, 0.2) is 12.1 Å². The smallest absolute Gasteiger partial charge is 0.340 e. The van der Waals surface area contributed by atoms with Crippen molar-refractivity contribution in [3.05, 3.63) is 29.3 Å². The number of rotatable bonds is 2. The molecule has 1 amide bonds. The average molecular weight is 279 g/mol. The second-order valence-electron chi connectivity index (χ2n) is 4.35. The molecule has 1 aromatic rings. The quantitative estimate of drug-likeness (QED) is 0.612. The Hall–Kier alpha value is -2.42. The van der Waals surface area contributed by atoms with Gasteiger partial charge in [0.1, 0.15) is 0 Å². The molecule has 2 rings (SSSR count). The number of carbonyl (C=O) groups is 2. The van der Waals surface area contributed by atoms with Crippen LogP contribution >= 0.6 is 0 Å². The number of hydrogen-bond acceptors (Lipinski definition) is 3. The summed E-state index contributed by atoms with van der Waals surface area (Å²) in [7, 11) is 1.11. The molecule has 6 heteroatoms. The summed E-state index contributed by atoms with van der Waals surface area (Å²) in [5.74, 6) is -1.41. The lowest BCUT2D eigenvalue weighted by molar-refractivity contribution is -0.117. The third kappa shape index (κ3) is 2.35. The van der Waals surface area contributed by atoms with Crippen molar-refractivity contribution in [1.29, 1.82) is 0 Å². The van der Waals surface area contributed by atoms with E-state index in [1.807, 2.05) is 0 Å². The van der Waals surface area contributed by atoms with E-state index < -0.39 is 17.6 Å². The topological polar surface area (TPSA) is 46.6 Å². The first-order chi connectivity index (χ1) is 9.47. The Bertz CT molecular complexity index is 622. The Morgan fingerprint density at radius 1 is 1.45 bits per heavy atom. The van der Waals surface area contributed by atoms with E-state index in [0.717, 1.165) is 13.2 Å². The van der Waals surface area contributed by atoms with Gasteiger partial charge in [-0.05, 0) is 6.07 Å². The molecule has 0 bridgehead atoms. The number of methoxy groups -OCH3 is 1. The van der Waals surface area contributed by atoms with Crippen molar-refractivity contribution < 1.29 is 23.1 Å². The number of amides is 1. The molecule has 1 unspecified atom stereocenters. The summed E-state index contributed by atoms with van der Waals surface area (Å²) in [5.41, 5.74) is -0.240. The number of carbonyl (C=O) groups excluding carboxylic acids is 2. The van der Waals surface area contributed by atoms with Gasteiger partial charge in [-0.25, -0.2) is 13.6 Å². The van der Waals surface area contributed by atoms with Crippen LogP contribution in [-0.2, 0) is 9.53 Å². The number of esters is 1. The third-order valence-electron chi connectivity index (χ3n) is 3.10. The molecular formula is C14H11F2NO3. The van der Waals surface area contributed by atoms with E-state index in [1.54, 1.807) is 0 Å². The van der Waals surface area contributed by atoms with Crippen LogP contribution in [0.25, 0.3) is 0 Å². The minimum absolute atomic E-state index is 0.0292. The van der Waals surface area contributed by atoms with Gasteiger partial charge in [0.05, 0.1) is 18.4 Å². The lowest BCUT2D eigenvalue weighted by atomic mass is 10.1. The molecule has 4 nitrogen and oxygen atoms in total. The summed E-state index contributed by atoms with van der Waals surface area (Å²) in [5, 5.41) is 0. The molecule has 0 saturated carbocycles. The van der Waals surface area contributed by atoms with Gasteiger partial charge >= 0.3 is 5.97 Å². The van der Waals surface area contributed by atoms with Crippen LogP contribution in [0.4, 0.5) is 14.5 Å². The molecule has 0 radical (unpaired) electrons. The average Bonchev–Trinajstić information content (AvgIpc) is 2.81. The van der Waals surface area contributed by atoms with Gasteiger partial charge in [-0.3, -0.25) is 4.79 Å². The van der Waals surface area contributed by atoms with Crippen molar-refractivity contribution in [3.8, 4) is 12.3 Å². The molecular weight excluding hydrogens is 268 g/mol. The molecule has 1 saturated heterocycles. The van der Waals surface area contributed by atoms with E-state index in [2.05, 4.69) is 10.7 Å². The highest BCUT2D eigenvalue weighted by Crippen LogP contribution is 2.30. The van der Waals surface area contributed by atoms with Crippen LogP contribution in [0.2, 0.25) is 0 Å². The highest BCUT2D eigenvalue weighted by Gasteiger charge is 2.32. The Morgan fingerprint density at radius 3 is 2.65 bits per heavy atom. The van der Waals surface area contributed by atoms with E-state index in [4.69, 9.17) is 6.42 Å². The maximum atomic E-state index is 13.4. The number of benzene rings is 1. The second-order valence-corrected chi connectivity index (χ2v) is 4.35. The van der Waals surface area contributed by atoms with Crippen molar-refractivity contribution in [2.45, 2.75) is 6.42 Å². The van der Waals surface area contributed by atoms with Gasteiger partial charge in [-0.2, -0.15) is 0 Å². The van der Waals surface area contributed by atoms with Crippen LogP contribution in [0, 0.1) is 29.9 Å². The molecule has 20 heavy (non-hydrogen) atoms. The zero-order chi connectivity index (χ0) is 14.9. The van der Waals surface area contributed by atoms with E-state index in [9.17, 15) is 18.4 Å². The minimum atomic E-state index is -1.19. The third-order valence-corrected chi connectivity index (χ3v) is 3.10. The van der Waals surface area contributed by atoms with Gasteiger partial charge in [-0.1, -0.05) is 0 Å². The van der Waals surface area contributed by atoms with Gasteiger partial charge < -0.3 is 9.64 Å². The maximum absolute atomic E-state index is 13.4. The molecule has 1 aliphatic rings. The molecule has 1 heterocycles. The lowest BCUT2D eigenvalue weighted by Crippen LogP contribution is -2.27. The summed E-state index contributed by atoms with van der Waals surface area (Å²) in [4.78, 5) is 24.7. The van der Waals surface area contributed by atoms with Gasteiger partial charge in [0.2, 0.25) is 5.91 Å². The number of hydrogen-bond donors (Lipinski definition) is 0. The standard InChI is InChI=1S/C14H11F2NO3/c1-3-8-4-13(18)17(7-8)12-6-11(16)10(15)5-9(12)14(19)20-2/h1,5-6,8H,4,7H2,2H3. The van der Waals surface area contributed by atoms with Crippen LogP contribution in [0.5, 0.6) is 0 Å². The molecule has 0 aliphatic carbocycles. The van der Waals surface area contributed by atoms with E-state index in [-0.39, 0.29) is 36.0 Å². The fraction of sp³-hybridized carbons (Fsp3) is 0.286. The number of ether oxygens (including phenoxy) is 1. The van der Waals surface area contributed by atoms with E-state index >= 15 is 0 Å². The molecule has 1 fully saturated rings. The largest absolute Gasteiger partial charge is 0.465 e. The Kier molecular flexibility index (Phi) is 3.70. The van der Waals surface area contributed by atoms with Crippen LogP contribution in [-0.4, -0.2) is 25.5 Å². The van der Waals surface area contributed by atoms with Crippen molar-refractivity contribution in [2.75, 3.05) is 18.6 Å². The summed E-state index contributed by atoms with van der Waals surface area (Å²) in [6.07, 6.45) is 5.37. The zero-order valence-corrected chi connectivity index (χ0v) is 10.7. The fourth-order valence-electron chi connectivity index (χ4n) is 2.09. The van der Waals surface area contributed by atoms with Gasteiger partial charge in [0, 0.05) is 24.9 Å². The Labute approximate surface area is 114 Å². The number of halogens is 2. The molecule has 1 atom stereocenters. The second kappa shape index (κ2) is 5.29. The zero-order valence-electron chi connectivity index (χ0n) is 10.7. The van der Waals surface area contributed by atoms with Gasteiger partial charge in [0.15, 0.2) is 11.6 Å². The summed E-state index contributed by atoms with van der Waals surface area (Å²) in [6.45, 7) is 0.157. The van der Waals surface area contributed by atoms with Crippen LogP contribution in [0.3, 0.4) is 0 Å². The first kappa shape index (κ1) is 14.0. The van der Waals surface area contributed by atoms with Crippen LogP contribution in [0.1, 0.15) is 16.8 Å². The SMILES string of the molecule is C#CC1CC(=O)N(c2cc(F)c(F)cc2C(=O)OC)C1. The van der Waals surface area contributed by atoms with Crippen molar-refractivity contribution in [2.24, 2.45) is 5.92 Å².